The van der Waals surface area contributed by atoms with Gasteiger partial charge in [-0.15, -0.1) is 5.60 Å². The van der Waals surface area contributed by atoms with Gasteiger partial charge in [-0.1, -0.05) is 58.3 Å². The van der Waals surface area contributed by atoms with E-state index in [9.17, 15) is 5.11 Å². The van der Waals surface area contributed by atoms with Crippen molar-refractivity contribution in [2.75, 3.05) is 0 Å². The van der Waals surface area contributed by atoms with E-state index in [1.807, 2.05) is 0 Å². The minimum atomic E-state index is -0.587. The van der Waals surface area contributed by atoms with Gasteiger partial charge in [-0.05, 0) is 0 Å². The average Bonchev–Trinajstić information content (AvgIpc) is 2.15. The summed E-state index contributed by atoms with van der Waals surface area (Å²) in [6.45, 7) is 4.14. The van der Waals surface area contributed by atoms with Gasteiger partial charge in [0.05, 0.1) is 0 Å². The summed E-state index contributed by atoms with van der Waals surface area (Å²) in [6.07, 6.45) is 6.67. The van der Waals surface area contributed by atoms with Gasteiger partial charge in [0, 0.05) is 0 Å². The Labute approximate surface area is 96.8 Å². The van der Waals surface area contributed by atoms with Crippen LogP contribution in [0.15, 0.2) is 0 Å². The number of halogens is 1. The third kappa shape index (κ3) is 4.61. The van der Waals surface area contributed by atoms with Gasteiger partial charge in [0.1, 0.15) is 0 Å². The third-order valence-electron chi connectivity index (χ3n) is 3.00. The predicted octanol–water partition coefficient (Wildman–Crippen LogP) is -1.28. The maximum absolute atomic E-state index is 12.0. The van der Waals surface area contributed by atoms with Gasteiger partial charge in [-0.2, -0.15) is 0 Å². The van der Waals surface area contributed by atoms with Gasteiger partial charge in [0.2, 0.25) is 0 Å². The topological polar surface area (TPSA) is 23.1 Å². The molecular weight excluding hydrogens is 179 g/mol. The summed E-state index contributed by atoms with van der Waals surface area (Å²) < 4.78 is 0. The standard InChI is InChI=1S/C10H19O.FH.Mg/c1-9(2)10(11)7-5-3-4-6-8-10;;/h9H,3-8H2,1-2H3;1H;/q-1;;+2/p-1. The maximum atomic E-state index is 12.0. The van der Waals surface area contributed by atoms with Crippen LogP contribution in [0.2, 0.25) is 0 Å². The molecule has 3 heteroatoms. The molecule has 0 aromatic carbocycles. The molecule has 74 valence electrons. The zero-order chi connectivity index (χ0) is 8.32. The molecule has 0 heterocycles. The molecule has 0 radical (unpaired) electrons. The summed E-state index contributed by atoms with van der Waals surface area (Å²) in [5, 5.41) is 12.0. The minimum absolute atomic E-state index is 0. The molecule has 0 atom stereocenters. The Morgan fingerprint density at radius 3 is 1.69 bits per heavy atom. The van der Waals surface area contributed by atoms with Gasteiger partial charge >= 0.3 is 23.1 Å². The molecule has 1 aliphatic carbocycles. The van der Waals surface area contributed by atoms with E-state index in [1.54, 1.807) is 0 Å². The summed E-state index contributed by atoms with van der Waals surface area (Å²) in [5.41, 5.74) is -0.587. The molecule has 0 amide bonds. The zero-order valence-corrected chi connectivity index (χ0v) is 10.2. The van der Waals surface area contributed by atoms with Gasteiger partial charge in [0.25, 0.3) is 0 Å². The van der Waals surface area contributed by atoms with E-state index in [0.717, 1.165) is 25.7 Å². The van der Waals surface area contributed by atoms with Crippen LogP contribution in [-0.2, 0) is 0 Å². The molecule has 0 saturated heterocycles. The van der Waals surface area contributed by atoms with Gasteiger partial charge < -0.3 is 9.81 Å². The van der Waals surface area contributed by atoms with Crippen molar-refractivity contribution in [1.29, 1.82) is 0 Å². The van der Waals surface area contributed by atoms with Crippen LogP contribution in [-0.4, -0.2) is 28.7 Å². The van der Waals surface area contributed by atoms with Crippen LogP contribution < -0.4 is 9.81 Å². The Kier molecular flexibility index (Phi) is 8.69. The Hall–Kier alpha value is 0.656. The first kappa shape index (κ1) is 16.1. The molecule has 0 unspecified atom stereocenters. The fourth-order valence-electron chi connectivity index (χ4n) is 1.90. The monoisotopic (exact) mass is 198 g/mol. The van der Waals surface area contributed by atoms with Crippen LogP contribution in [0.1, 0.15) is 52.4 Å². The van der Waals surface area contributed by atoms with Crippen molar-refractivity contribution in [1.82, 2.24) is 0 Å². The molecular formula is C10H19FMgO. The quantitative estimate of drug-likeness (QED) is 0.380. The van der Waals surface area contributed by atoms with Crippen LogP contribution in [0, 0.1) is 5.92 Å². The second kappa shape index (κ2) is 7.02. The van der Waals surface area contributed by atoms with Crippen molar-refractivity contribution < 1.29 is 9.81 Å². The van der Waals surface area contributed by atoms with E-state index in [4.69, 9.17) is 0 Å². The average molecular weight is 199 g/mol. The Morgan fingerprint density at radius 1 is 1.00 bits per heavy atom. The van der Waals surface area contributed by atoms with E-state index in [0.29, 0.717) is 5.92 Å². The Bertz CT molecular complexity index is 120. The van der Waals surface area contributed by atoms with Crippen molar-refractivity contribution >= 4 is 23.1 Å². The van der Waals surface area contributed by atoms with Gasteiger partial charge in [-0.3, -0.25) is 0 Å². The Morgan fingerprint density at radius 2 is 1.38 bits per heavy atom. The first-order chi connectivity index (χ1) is 5.15. The van der Waals surface area contributed by atoms with Crippen molar-refractivity contribution in [2.45, 2.75) is 58.0 Å². The van der Waals surface area contributed by atoms with Gasteiger partial charge in [-0.25, -0.2) is 0 Å². The summed E-state index contributed by atoms with van der Waals surface area (Å²) in [6, 6.07) is 0. The van der Waals surface area contributed by atoms with Crippen LogP contribution in [0.3, 0.4) is 0 Å². The van der Waals surface area contributed by atoms with Crippen molar-refractivity contribution in [3.8, 4) is 0 Å². The van der Waals surface area contributed by atoms with Crippen LogP contribution in [0.25, 0.3) is 0 Å². The molecule has 13 heavy (non-hydrogen) atoms. The summed E-state index contributed by atoms with van der Waals surface area (Å²) >= 11 is 0. The second-order valence-electron chi connectivity index (χ2n) is 4.13. The normalized spacial score (nSPS) is 21.2. The predicted molar refractivity (Wildman–Crippen MR) is 51.0 cm³/mol. The molecule has 0 aliphatic heterocycles. The molecule has 0 N–H and O–H groups in total. The van der Waals surface area contributed by atoms with Gasteiger partial charge in [0.15, 0.2) is 0 Å². The van der Waals surface area contributed by atoms with Crippen LogP contribution in [0.4, 0.5) is 0 Å². The summed E-state index contributed by atoms with van der Waals surface area (Å²) in [5.74, 6) is 0.320. The zero-order valence-electron chi connectivity index (χ0n) is 8.81. The molecule has 1 aliphatic rings. The fourth-order valence-corrected chi connectivity index (χ4v) is 1.90. The van der Waals surface area contributed by atoms with E-state index in [1.165, 1.54) is 12.8 Å². The largest absolute Gasteiger partial charge is 2.00 e. The third-order valence-corrected chi connectivity index (χ3v) is 3.00. The van der Waals surface area contributed by atoms with Crippen molar-refractivity contribution in [2.24, 2.45) is 5.92 Å². The molecule has 1 rings (SSSR count). The van der Waals surface area contributed by atoms with E-state index in [2.05, 4.69) is 13.8 Å². The summed E-state index contributed by atoms with van der Waals surface area (Å²) in [7, 11) is 0. The molecule has 1 fully saturated rings. The maximum Gasteiger partial charge on any atom is 2.00 e. The van der Waals surface area contributed by atoms with E-state index in [-0.39, 0.29) is 27.8 Å². The first-order valence-corrected chi connectivity index (χ1v) is 4.85. The number of rotatable bonds is 1. The molecule has 0 spiro atoms. The second-order valence-corrected chi connectivity index (χ2v) is 4.13. The molecule has 1 saturated carbocycles. The number of hydrogen-bond donors (Lipinski definition) is 0. The minimum Gasteiger partial charge on any atom is -1.00 e. The van der Waals surface area contributed by atoms with Crippen LogP contribution >= 0.6 is 0 Å². The molecule has 0 bridgehead atoms. The molecule has 0 aromatic rings. The van der Waals surface area contributed by atoms with E-state index < -0.39 is 5.60 Å². The number of hydrogen-bond acceptors (Lipinski definition) is 1. The van der Waals surface area contributed by atoms with Crippen LogP contribution in [0.5, 0.6) is 0 Å². The Balaban J connectivity index is 0. The van der Waals surface area contributed by atoms with Crippen molar-refractivity contribution in [3.63, 3.8) is 0 Å². The fraction of sp³-hybridized carbons (Fsp3) is 1.00. The molecule has 0 aromatic heterocycles. The van der Waals surface area contributed by atoms with E-state index >= 15 is 0 Å². The summed E-state index contributed by atoms with van der Waals surface area (Å²) in [4.78, 5) is 0. The SMILES string of the molecule is CC(C)C1([O-])CCCCCC1.[F-].[Mg+2]. The molecule has 1 nitrogen and oxygen atoms in total. The first-order valence-electron chi connectivity index (χ1n) is 4.85. The smallest absolute Gasteiger partial charge is 1.00 e. The van der Waals surface area contributed by atoms with Crippen molar-refractivity contribution in [3.05, 3.63) is 0 Å².